The van der Waals surface area contributed by atoms with Crippen molar-refractivity contribution in [2.75, 3.05) is 13.1 Å². The Hall–Kier alpha value is -2.31. The molecule has 0 saturated carbocycles. The number of hydrogen-bond donors (Lipinski definition) is 0. The average molecular weight is 539 g/mol. The van der Waals surface area contributed by atoms with E-state index in [0.717, 1.165) is 11.1 Å². The summed E-state index contributed by atoms with van der Waals surface area (Å²) in [4.78, 5) is 14.2. The molecule has 0 spiro atoms. The second-order valence-electron chi connectivity index (χ2n) is 9.91. The molecular weight excluding hydrogens is 506 g/mol. The molecule has 36 heavy (non-hydrogen) atoms. The van der Waals surface area contributed by atoms with E-state index in [-0.39, 0.29) is 24.4 Å². The van der Waals surface area contributed by atoms with Gasteiger partial charge in [0, 0.05) is 19.0 Å². The van der Waals surface area contributed by atoms with Crippen LogP contribution in [-0.4, -0.2) is 53.0 Å². The first-order chi connectivity index (χ1) is 16.7. The minimum Gasteiger partial charge on any atom is -0.750 e. The van der Waals surface area contributed by atoms with Crippen LogP contribution in [0.4, 0.5) is 4.79 Å². The Bertz CT molecular complexity index is 1170. The molecule has 1 aliphatic heterocycles. The van der Waals surface area contributed by atoms with Crippen LogP contribution >= 0.6 is 0 Å². The summed E-state index contributed by atoms with van der Waals surface area (Å²) in [5, 5.41) is 0. The van der Waals surface area contributed by atoms with Gasteiger partial charge in [-0.3, -0.25) is 8.37 Å². The van der Waals surface area contributed by atoms with Gasteiger partial charge in [0.1, 0.15) is 11.7 Å². The Kier molecular flexibility index (Phi) is 8.94. The number of amides is 1. The molecule has 1 amide bonds. The number of rotatable bonds is 7. The van der Waals surface area contributed by atoms with E-state index in [9.17, 15) is 22.0 Å². The summed E-state index contributed by atoms with van der Waals surface area (Å²) in [6, 6.07) is 13.3. The standard InChI is InChI=1S/C25H33NO8S2/c1-17-6-10-19(11-7-17)23(33-35(28)29)21-16-26(24(27)32-25(3,4)5)15-14-22(21)34-36(30,31)20-12-8-18(2)9-13-20/h6-13,21-23H,14-16H2,1-5H3,(H,28,29)/p-1. The molecule has 4 unspecified atom stereocenters. The fourth-order valence-corrected chi connectivity index (χ4v) is 5.57. The SMILES string of the molecule is Cc1ccc(C(OS(=O)[O-])C2CN(C(=O)OC(C)(C)C)CCC2OS(=O)(=O)c2ccc(C)cc2)cc1. The largest absolute Gasteiger partial charge is 0.750 e. The van der Waals surface area contributed by atoms with Gasteiger partial charge in [-0.2, -0.15) is 8.42 Å². The Balaban J connectivity index is 1.97. The highest BCUT2D eigenvalue weighted by Gasteiger charge is 2.42. The van der Waals surface area contributed by atoms with E-state index in [1.807, 2.05) is 13.8 Å². The van der Waals surface area contributed by atoms with Gasteiger partial charge >= 0.3 is 6.09 Å². The zero-order valence-electron chi connectivity index (χ0n) is 21.0. The van der Waals surface area contributed by atoms with Crippen molar-refractivity contribution in [1.82, 2.24) is 4.90 Å². The van der Waals surface area contributed by atoms with Gasteiger partial charge in [0.15, 0.2) is 0 Å². The summed E-state index contributed by atoms with van der Waals surface area (Å²) >= 11 is -2.91. The molecule has 0 aliphatic carbocycles. The lowest BCUT2D eigenvalue weighted by molar-refractivity contribution is -0.0285. The molecule has 4 atom stereocenters. The number of aryl methyl sites for hydroxylation is 2. The predicted molar refractivity (Wildman–Crippen MR) is 133 cm³/mol. The zero-order valence-corrected chi connectivity index (χ0v) is 22.6. The zero-order chi connectivity index (χ0) is 26.7. The molecule has 3 rings (SSSR count). The number of hydrogen-bond acceptors (Lipinski definition) is 8. The van der Waals surface area contributed by atoms with E-state index >= 15 is 0 Å². The molecule has 0 radical (unpaired) electrons. The Labute approximate surface area is 215 Å². The molecule has 1 saturated heterocycles. The highest BCUT2D eigenvalue weighted by Crippen LogP contribution is 2.37. The van der Waals surface area contributed by atoms with Crippen LogP contribution in [0.2, 0.25) is 0 Å². The van der Waals surface area contributed by atoms with Gasteiger partial charge in [0.05, 0.1) is 22.4 Å². The lowest BCUT2D eigenvalue weighted by atomic mass is 9.86. The molecule has 0 N–H and O–H groups in total. The van der Waals surface area contributed by atoms with Crippen molar-refractivity contribution in [1.29, 1.82) is 0 Å². The second kappa shape index (κ2) is 11.4. The minimum absolute atomic E-state index is 0.0124. The molecule has 198 valence electrons. The van der Waals surface area contributed by atoms with Crippen LogP contribution in [0.3, 0.4) is 0 Å². The Morgan fingerprint density at radius 2 is 1.61 bits per heavy atom. The number of carbonyl (C=O) groups excluding carboxylic acids is 1. The van der Waals surface area contributed by atoms with Crippen LogP contribution in [0.15, 0.2) is 53.4 Å². The number of piperidine rings is 1. The van der Waals surface area contributed by atoms with Crippen molar-refractivity contribution < 1.29 is 35.1 Å². The normalized spacial score (nSPS) is 20.6. The van der Waals surface area contributed by atoms with Crippen molar-refractivity contribution in [3.05, 3.63) is 65.2 Å². The summed E-state index contributed by atoms with van der Waals surface area (Å²) in [7, 11) is -4.17. The molecule has 2 aromatic rings. The van der Waals surface area contributed by atoms with E-state index < -0.39 is 51.3 Å². The predicted octanol–water partition coefficient (Wildman–Crippen LogP) is 4.19. The summed E-state index contributed by atoms with van der Waals surface area (Å²) in [5.74, 6) is -0.827. The van der Waals surface area contributed by atoms with E-state index in [0.29, 0.717) is 5.56 Å². The first-order valence-electron chi connectivity index (χ1n) is 11.6. The van der Waals surface area contributed by atoms with E-state index in [1.54, 1.807) is 57.2 Å². The molecule has 9 nitrogen and oxygen atoms in total. The highest BCUT2D eigenvalue weighted by atomic mass is 32.2. The third kappa shape index (κ3) is 7.59. The molecule has 11 heteroatoms. The number of likely N-dealkylation sites (tertiary alicyclic amines) is 1. The summed E-state index contributed by atoms with van der Waals surface area (Å²) in [6.07, 6.45) is -2.50. The summed E-state index contributed by atoms with van der Waals surface area (Å²) in [5.41, 5.74) is 1.62. The summed E-state index contributed by atoms with van der Waals surface area (Å²) < 4.78 is 65.9. The van der Waals surface area contributed by atoms with E-state index in [1.165, 1.54) is 17.0 Å². The number of carbonyl (C=O) groups is 1. The maximum absolute atomic E-state index is 13.1. The first kappa shape index (κ1) is 28.3. The van der Waals surface area contributed by atoms with Crippen LogP contribution < -0.4 is 0 Å². The Morgan fingerprint density at radius 1 is 1.06 bits per heavy atom. The van der Waals surface area contributed by atoms with Crippen LogP contribution in [0.25, 0.3) is 0 Å². The maximum Gasteiger partial charge on any atom is 0.410 e. The third-order valence-electron chi connectivity index (χ3n) is 5.78. The molecule has 1 aliphatic rings. The average Bonchev–Trinajstić information content (AvgIpc) is 2.77. The van der Waals surface area contributed by atoms with Crippen LogP contribution in [-0.2, 0) is 34.6 Å². The Morgan fingerprint density at radius 3 is 2.14 bits per heavy atom. The molecule has 2 aromatic carbocycles. The molecule has 0 aromatic heterocycles. The minimum atomic E-state index is -4.17. The molecule has 1 fully saturated rings. The summed E-state index contributed by atoms with van der Waals surface area (Å²) in [6.45, 7) is 9.09. The fraction of sp³-hybridized carbons (Fsp3) is 0.480. The highest BCUT2D eigenvalue weighted by molar-refractivity contribution is 7.86. The van der Waals surface area contributed by atoms with Gasteiger partial charge in [0.25, 0.3) is 10.1 Å². The second-order valence-corrected chi connectivity index (χ2v) is 12.1. The lowest BCUT2D eigenvalue weighted by Gasteiger charge is -2.41. The van der Waals surface area contributed by atoms with Crippen molar-refractivity contribution >= 4 is 27.6 Å². The van der Waals surface area contributed by atoms with Gasteiger partial charge in [-0.1, -0.05) is 47.5 Å². The quantitative estimate of drug-likeness (QED) is 0.380. The number of ether oxygens (including phenoxy) is 1. The molecule has 0 bridgehead atoms. The van der Waals surface area contributed by atoms with E-state index in [2.05, 4.69) is 0 Å². The number of nitrogens with zero attached hydrogens (tertiary/aromatic N) is 1. The van der Waals surface area contributed by atoms with Crippen molar-refractivity contribution in [3.8, 4) is 0 Å². The van der Waals surface area contributed by atoms with Gasteiger partial charge in [-0.15, -0.1) is 0 Å². The van der Waals surface area contributed by atoms with Crippen molar-refractivity contribution in [2.24, 2.45) is 5.92 Å². The monoisotopic (exact) mass is 538 g/mol. The van der Waals surface area contributed by atoms with Gasteiger partial charge in [-0.05, 0) is 58.7 Å². The molecular formula is C25H32NO8S2-. The van der Waals surface area contributed by atoms with Gasteiger partial charge in [-0.25, -0.2) is 9.00 Å². The fourth-order valence-electron chi connectivity index (χ4n) is 4.00. The van der Waals surface area contributed by atoms with Gasteiger partial charge < -0.3 is 14.2 Å². The van der Waals surface area contributed by atoms with Crippen LogP contribution in [0, 0.1) is 19.8 Å². The maximum atomic E-state index is 13.1. The van der Waals surface area contributed by atoms with E-state index in [4.69, 9.17) is 13.1 Å². The van der Waals surface area contributed by atoms with Crippen LogP contribution in [0.1, 0.15) is 50.0 Å². The molecule has 1 heterocycles. The third-order valence-corrected chi connectivity index (χ3v) is 7.50. The first-order valence-corrected chi connectivity index (χ1v) is 14.0. The number of benzene rings is 2. The van der Waals surface area contributed by atoms with Crippen LogP contribution in [0.5, 0.6) is 0 Å². The lowest BCUT2D eigenvalue weighted by Crippen LogP contribution is -2.50. The smallest absolute Gasteiger partial charge is 0.410 e. The topological polar surface area (TPSA) is 122 Å². The van der Waals surface area contributed by atoms with Crippen molar-refractivity contribution in [2.45, 2.75) is 63.7 Å². The van der Waals surface area contributed by atoms with Crippen molar-refractivity contribution in [3.63, 3.8) is 0 Å². The van der Waals surface area contributed by atoms with Gasteiger partial charge in [0.2, 0.25) is 0 Å².